The molecule has 3 N–H and O–H groups in total. The van der Waals surface area contributed by atoms with E-state index in [1.807, 2.05) is 11.9 Å². The minimum atomic E-state index is -0.0427. The minimum absolute atomic E-state index is 0.0427. The zero-order valence-corrected chi connectivity index (χ0v) is 9.58. The van der Waals surface area contributed by atoms with Crippen molar-refractivity contribution in [3.05, 3.63) is 18.1 Å². The van der Waals surface area contributed by atoms with E-state index in [2.05, 4.69) is 15.1 Å². The van der Waals surface area contributed by atoms with Gasteiger partial charge in [0.2, 0.25) is 0 Å². The average Bonchev–Trinajstić information content (AvgIpc) is 2.91. The zero-order valence-electron chi connectivity index (χ0n) is 9.58. The summed E-state index contributed by atoms with van der Waals surface area (Å²) in [5.74, 6) is 0.553. The number of aromatic nitrogens is 2. The average molecular weight is 237 g/mol. The van der Waals surface area contributed by atoms with Crippen molar-refractivity contribution in [2.75, 3.05) is 25.2 Å². The van der Waals surface area contributed by atoms with E-state index in [0.717, 1.165) is 13.0 Å². The summed E-state index contributed by atoms with van der Waals surface area (Å²) < 4.78 is 5.33. The Morgan fingerprint density at radius 1 is 1.59 bits per heavy atom. The Morgan fingerprint density at radius 2 is 2.35 bits per heavy atom. The fourth-order valence-corrected chi connectivity index (χ4v) is 1.82. The van der Waals surface area contributed by atoms with Gasteiger partial charge in [-0.1, -0.05) is 5.16 Å². The van der Waals surface area contributed by atoms with E-state index in [4.69, 9.17) is 15.7 Å². The number of rotatable bonds is 3. The van der Waals surface area contributed by atoms with Crippen molar-refractivity contribution in [1.82, 2.24) is 9.97 Å². The molecule has 0 radical (unpaired) electrons. The van der Waals surface area contributed by atoms with Crippen molar-refractivity contribution in [1.29, 1.82) is 0 Å². The number of ether oxygens (including phenoxy) is 1. The van der Waals surface area contributed by atoms with Gasteiger partial charge >= 0.3 is 0 Å². The van der Waals surface area contributed by atoms with Crippen LogP contribution in [0.1, 0.15) is 12.1 Å². The molecule has 1 aliphatic rings. The van der Waals surface area contributed by atoms with E-state index >= 15 is 0 Å². The highest BCUT2D eigenvalue weighted by atomic mass is 16.5. The molecule has 1 aliphatic heterocycles. The number of anilines is 1. The molecule has 0 aromatic carbocycles. The van der Waals surface area contributed by atoms with Gasteiger partial charge in [-0.25, -0.2) is 9.97 Å². The predicted molar refractivity (Wildman–Crippen MR) is 62.2 cm³/mol. The summed E-state index contributed by atoms with van der Waals surface area (Å²) in [5.41, 5.74) is 5.95. The summed E-state index contributed by atoms with van der Waals surface area (Å²) in [7, 11) is 1.90. The zero-order chi connectivity index (χ0) is 12.3. The van der Waals surface area contributed by atoms with Crippen molar-refractivity contribution < 1.29 is 9.94 Å². The molecule has 2 heterocycles. The SMILES string of the molecule is CN(c1nccnc1C(N)=NO)C1CCOC1. The molecule has 1 aromatic heterocycles. The number of likely N-dealkylation sites (N-methyl/N-ethyl adjacent to an activating group) is 1. The van der Waals surface area contributed by atoms with Gasteiger partial charge in [0.25, 0.3) is 0 Å². The smallest absolute Gasteiger partial charge is 0.192 e. The second kappa shape index (κ2) is 4.96. The molecule has 0 aliphatic carbocycles. The van der Waals surface area contributed by atoms with Crippen molar-refractivity contribution in [3.63, 3.8) is 0 Å². The molecular weight excluding hydrogens is 222 g/mol. The summed E-state index contributed by atoms with van der Waals surface area (Å²) in [5, 5.41) is 11.7. The quantitative estimate of drug-likeness (QED) is 0.327. The highest BCUT2D eigenvalue weighted by Gasteiger charge is 2.24. The molecule has 0 saturated carbocycles. The summed E-state index contributed by atoms with van der Waals surface area (Å²) in [6.45, 7) is 1.40. The molecule has 0 amide bonds. The van der Waals surface area contributed by atoms with Gasteiger partial charge in [-0.05, 0) is 6.42 Å². The Bertz CT molecular complexity index is 417. The number of hydrogen-bond donors (Lipinski definition) is 2. The molecule has 1 unspecified atom stereocenters. The van der Waals surface area contributed by atoms with Gasteiger partial charge in [0, 0.05) is 26.0 Å². The monoisotopic (exact) mass is 237 g/mol. The van der Waals surface area contributed by atoms with Gasteiger partial charge in [0.1, 0.15) is 0 Å². The van der Waals surface area contributed by atoms with Crippen LogP contribution in [0.3, 0.4) is 0 Å². The first-order valence-corrected chi connectivity index (χ1v) is 5.33. The number of nitrogens with zero attached hydrogens (tertiary/aromatic N) is 4. The van der Waals surface area contributed by atoms with Crippen LogP contribution in [0.4, 0.5) is 5.82 Å². The third-order valence-electron chi connectivity index (χ3n) is 2.82. The van der Waals surface area contributed by atoms with E-state index in [1.54, 1.807) is 6.20 Å². The van der Waals surface area contributed by atoms with Crippen molar-refractivity contribution in [3.8, 4) is 0 Å². The lowest BCUT2D eigenvalue weighted by molar-refractivity contribution is 0.193. The Hall–Kier alpha value is -1.89. The van der Waals surface area contributed by atoms with Gasteiger partial charge in [-0.15, -0.1) is 0 Å². The molecule has 7 heteroatoms. The van der Waals surface area contributed by atoms with Gasteiger partial charge in [-0.3, -0.25) is 0 Å². The van der Waals surface area contributed by atoms with Gasteiger partial charge in [0.05, 0.1) is 12.6 Å². The van der Waals surface area contributed by atoms with Gasteiger partial charge in [0.15, 0.2) is 17.3 Å². The Morgan fingerprint density at radius 3 is 3.00 bits per heavy atom. The summed E-state index contributed by atoms with van der Waals surface area (Å²) in [4.78, 5) is 10.3. The molecule has 0 bridgehead atoms. The third kappa shape index (κ3) is 2.28. The van der Waals surface area contributed by atoms with Gasteiger partial charge < -0.3 is 20.6 Å². The van der Waals surface area contributed by atoms with E-state index in [0.29, 0.717) is 18.1 Å². The van der Waals surface area contributed by atoms with E-state index in [-0.39, 0.29) is 11.9 Å². The van der Waals surface area contributed by atoms with Crippen molar-refractivity contribution in [2.24, 2.45) is 10.9 Å². The molecule has 1 atom stereocenters. The second-order valence-corrected chi connectivity index (χ2v) is 3.84. The van der Waals surface area contributed by atoms with E-state index < -0.39 is 0 Å². The molecule has 1 saturated heterocycles. The number of oxime groups is 1. The maximum absolute atomic E-state index is 8.71. The number of nitrogens with two attached hydrogens (primary N) is 1. The Balaban J connectivity index is 2.30. The Labute approximate surface area is 98.9 Å². The van der Waals surface area contributed by atoms with Gasteiger partial charge in [-0.2, -0.15) is 0 Å². The van der Waals surface area contributed by atoms with Crippen LogP contribution in [-0.2, 0) is 4.74 Å². The predicted octanol–water partition coefficient (Wildman–Crippen LogP) is -0.204. The first-order chi connectivity index (χ1) is 8.24. The van der Waals surface area contributed by atoms with Crippen LogP contribution in [-0.4, -0.2) is 47.3 Å². The molecule has 7 nitrogen and oxygen atoms in total. The molecule has 17 heavy (non-hydrogen) atoms. The van der Waals surface area contributed by atoms with Crippen molar-refractivity contribution in [2.45, 2.75) is 12.5 Å². The number of hydrogen-bond acceptors (Lipinski definition) is 6. The summed E-state index contributed by atoms with van der Waals surface area (Å²) in [6, 6.07) is 0.247. The van der Waals surface area contributed by atoms with Crippen LogP contribution < -0.4 is 10.6 Å². The fourth-order valence-electron chi connectivity index (χ4n) is 1.82. The highest BCUT2D eigenvalue weighted by Crippen LogP contribution is 2.20. The van der Waals surface area contributed by atoms with E-state index in [9.17, 15) is 0 Å². The normalized spacial score (nSPS) is 20.5. The fraction of sp³-hybridized carbons (Fsp3) is 0.500. The van der Waals surface area contributed by atoms with Crippen LogP contribution in [0, 0.1) is 0 Å². The molecule has 92 valence electrons. The van der Waals surface area contributed by atoms with Crippen LogP contribution in [0.2, 0.25) is 0 Å². The second-order valence-electron chi connectivity index (χ2n) is 3.84. The largest absolute Gasteiger partial charge is 0.409 e. The van der Waals surface area contributed by atoms with Crippen molar-refractivity contribution >= 4 is 11.7 Å². The third-order valence-corrected chi connectivity index (χ3v) is 2.82. The van der Waals surface area contributed by atoms with Crippen LogP contribution in [0.15, 0.2) is 17.5 Å². The first kappa shape index (κ1) is 11.6. The maximum atomic E-state index is 8.71. The highest BCUT2D eigenvalue weighted by molar-refractivity contribution is 5.99. The lowest BCUT2D eigenvalue weighted by Crippen LogP contribution is -2.34. The minimum Gasteiger partial charge on any atom is -0.409 e. The molecule has 1 aromatic rings. The summed E-state index contributed by atoms with van der Waals surface area (Å²) >= 11 is 0. The van der Waals surface area contributed by atoms with Crippen LogP contribution in [0.25, 0.3) is 0 Å². The lowest BCUT2D eigenvalue weighted by atomic mass is 10.2. The lowest BCUT2D eigenvalue weighted by Gasteiger charge is -2.25. The van der Waals surface area contributed by atoms with E-state index in [1.165, 1.54) is 6.20 Å². The molecule has 1 fully saturated rings. The maximum Gasteiger partial charge on any atom is 0.192 e. The van der Waals surface area contributed by atoms with Crippen LogP contribution >= 0.6 is 0 Å². The first-order valence-electron chi connectivity index (χ1n) is 5.33. The number of amidine groups is 1. The summed E-state index contributed by atoms with van der Waals surface area (Å²) in [6.07, 6.45) is 4.02. The molecule has 0 spiro atoms. The standard InChI is InChI=1S/C10H15N5O2/c1-15(7-2-5-17-6-7)10-8(9(11)14-16)12-3-4-13-10/h3-4,7,16H,2,5-6H2,1H3,(H2,11,14). The topological polar surface area (TPSA) is 96.9 Å². The van der Waals surface area contributed by atoms with Crippen LogP contribution in [0.5, 0.6) is 0 Å². The molecular formula is C10H15N5O2. The Kier molecular flexibility index (Phi) is 3.38. The molecule has 2 rings (SSSR count).